The van der Waals surface area contributed by atoms with E-state index >= 15 is 0 Å². The van der Waals surface area contributed by atoms with E-state index in [-0.39, 0.29) is 5.69 Å². The monoisotopic (exact) mass is 172 g/mol. The molecule has 0 fully saturated rings. The average molecular weight is 172 g/mol. The molecule has 0 spiro atoms. The van der Waals surface area contributed by atoms with Crippen molar-refractivity contribution in [3.63, 3.8) is 0 Å². The number of nitrogens with zero attached hydrogens (tertiary/aromatic N) is 2. The molecule has 0 aromatic carbocycles. The van der Waals surface area contributed by atoms with Crippen molar-refractivity contribution in [2.75, 3.05) is 0 Å². The van der Waals surface area contributed by atoms with Crippen LogP contribution in [0.5, 0.6) is 0 Å². The first-order valence-corrected chi connectivity index (χ1v) is 3.60. The van der Waals surface area contributed by atoms with Crippen molar-refractivity contribution in [2.24, 2.45) is 0 Å². The molecule has 1 N–H and O–H groups in total. The summed E-state index contributed by atoms with van der Waals surface area (Å²) in [6, 6.07) is 0. The van der Waals surface area contributed by atoms with E-state index in [1.54, 1.807) is 18.2 Å². The third kappa shape index (κ3) is 1.26. The van der Waals surface area contributed by atoms with Crippen molar-refractivity contribution in [1.82, 2.24) is 9.32 Å². The maximum atomic E-state index is 10.5. The molecule has 0 saturated heterocycles. The van der Waals surface area contributed by atoms with Gasteiger partial charge in [-0.1, -0.05) is 0 Å². The number of carboxylic acid groups (broad SMARTS) is 1. The smallest absolute Gasteiger partial charge is 0.356 e. The highest BCUT2D eigenvalue weighted by molar-refractivity contribution is 7.14. The van der Waals surface area contributed by atoms with Crippen LogP contribution in [0.25, 0.3) is 0 Å². The van der Waals surface area contributed by atoms with Gasteiger partial charge in [-0.3, -0.25) is 0 Å². The van der Waals surface area contributed by atoms with Crippen LogP contribution in [0.3, 0.4) is 0 Å². The number of hydrogen-bond donors (Lipinski definition) is 1. The zero-order valence-electron chi connectivity index (χ0n) is 6.33. The van der Waals surface area contributed by atoms with Gasteiger partial charge in [0.2, 0.25) is 0 Å². The molecule has 1 heterocycles. The largest absolute Gasteiger partial charge is 0.476 e. The van der Waals surface area contributed by atoms with Crippen LogP contribution in [-0.2, 0) is 0 Å². The SMILES string of the molecule is Cc1nc(C(=O)O)c(C)n1P. The van der Waals surface area contributed by atoms with E-state index in [0.29, 0.717) is 11.5 Å². The summed E-state index contributed by atoms with van der Waals surface area (Å²) in [6.07, 6.45) is 0. The van der Waals surface area contributed by atoms with Crippen LogP contribution in [0.15, 0.2) is 0 Å². The standard InChI is InChI=1S/C6H9N2O2P/c1-3-5(6(9)10)7-4(2)8(3)11/h11H2,1-2H3,(H,9,10). The van der Waals surface area contributed by atoms with Gasteiger partial charge >= 0.3 is 5.97 Å². The Morgan fingerprint density at radius 1 is 1.64 bits per heavy atom. The Balaban J connectivity index is 3.29. The quantitative estimate of drug-likeness (QED) is 0.638. The summed E-state index contributed by atoms with van der Waals surface area (Å²) in [5.41, 5.74) is 0.775. The molecule has 4 nitrogen and oxygen atoms in total. The predicted octanol–water partition coefficient (Wildman–Crippen LogP) is 0.836. The van der Waals surface area contributed by atoms with Gasteiger partial charge in [-0.25, -0.2) is 9.78 Å². The van der Waals surface area contributed by atoms with Gasteiger partial charge in [0.25, 0.3) is 0 Å². The third-order valence-corrected chi connectivity index (χ3v) is 2.29. The molecule has 0 amide bonds. The lowest BCUT2D eigenvalue weighted by Crippen LogP contribution is -1.99. The van der Waals surface area contributed by atoms with E-state index in [9.17, 15) is 4.79 Å². The summed E-state index contributed by atoms with van der Waals surface area (Å²) in [5, 5.41) is 8.62. The number of rotatable bonds is 1. The van der Waals surface area contributed by atoms with E-state index < -0.39 is 5.97 Å². The van der Waals surface area contributed by atoms with Crippen LogP contribution in [0, 0.1) is 13.8 Å². The third-order valence-electron chi connectivity index (χ3n) is 1.53. The molecule has 0 aliphatic carbocycles. The van der Waals surface area contributed by atoms with Gasteiger partial charge in [-0.2, -0.15) is 0 Å². The van der Waals surface area contributed by atoms with Gasteiger partial charge in [0, 0.05) is 0 Å². The minimum Gasteiger partial charge on any atom is -0.476 e. The van der Waals surface area contributed by atoms with Crippen LogP contribution in [-0.4, -0.2) is 20.4 Å². The molecule has 60 valence electrons. The van der Waals surface area contributed by atoms with E-state index in [1.165, 1.54) is 0 Å². The highest BCUT2D eigenvalue weighted by Crippen LogP contribution is 2.12. The zero-order valence-corrected chi connectivity index (χ0v) is 7.48. The van der Waals surface area contributed by atoms with Crippen LogP contribution in [0.2, 0.25) is 0 Å². The Kier molecular flexibility index (Phi) is 1.96. The topological polar surface area (TPSA) is 55.1 Å². The molecule has 1 aromatic heterocycles. The molecule has 0 radical (unpaired) electrons. The second-order valence-corrected chi connectivity index (χ2v) is 2.78. The van der Waals surface area contributed by atoms with Crippen molar-refractivity contribution in [1.29, 1.82) is 0 Å². The normalized spacial score (nSPS) is 10.1. The van der Waals surface area contributed by atoms with Gasteiger partial charge < -0.3 is 9.44 Å². The molecule has 1 rings (SSSR count). The summed E-state index contributed by atoms with van der Waals surface area (Å²) < 4.78 is 1.67. The maximum absolute atomic E-state index is 10.5. The second kappa shape index (κ2) is 2.62. The molecule has 1 unspecified atom stereocenters. The van der Waals surface area contributed by atoms with Crippen molar-refractivity contribution < 1.29 is 9.90 Å². The summed E-state index contributed by atoms with van der Waals surface area (Å²) in [5.74, 6) is -0.295. The number of carbonyl (C=O) groups is 1. The molecule has 0 aliphatic heterocycles. The summed E-state index contributed by atoms with van der Waals surface area (Å²) >= 11 is 0. The summed E-state index contributed by atoms with van der Waals surface area (Å²) in [4.78, 5) is 14.4. The van der Waals surface area contributed by atoms with Crippen LogP contribution >= 0.6 is 9.39 Å². The minimum atomic E-state index is -0.980. The highest BCUT2D eigenvalue weighted by Gasteiger charge is 2.13. The Morgan fingerprint density at radius 2 is 2.18 bits per heavy atom. The Labute approximate surface area is 66.5 Å². The van der Waals surface area contributed by atoms with Gasteiger partial charge in [0.1, 0.15) is 5.82 Å². The molecule has 1 aromatic rings. The lowest BCUT2D eigenvalue weighted by atomic mass is 10.4. The number of hydrogen-bond acceptors (Lipinski definition) is 2. The van der Waals surface area contributed by atoms with Crippen molar-refractivity contribution >= 4 is 15.4 Å². The van der Waals surface area contributed by atoms with Gasteiger partial charge in [0.15, 0.2) is 5.69 Å². The highest BCUT2D eigenvalue weighted by atomic mass is 31.0. The fourth-order valence-electron chi connectivity index (χ4n) is 0.856. The Bertz CT molecular complexity index is 306. The van der Waals surface area contributed by atoms with E-state index in [1.807, 2.05) is 0 Å². The number of imidazole rings is 1. The summed E-state index contributed by atoms with van der Waals surface area (Å²) in [6.45, 7) is 3.48. The molecule has 0 saturated carbocycles. The van der Waals surface area contributed by atoms with Crippen LogP contribution in [0.4, 0.5) is 0 Å². The number of aromatic carboxylic acids is 1. The minimum absolute atomic E-state index is 0.123. The fraction of sp³-hybridized carbons (Fsp3) is 0.333. The van der Waals surface area contributed by atoms with Crippen LogP contribution < -0.4 is 0 Å². The first kappa shape index (κ1) is 8.21. The van der Waals surface area contributed by atoms with Gasteiger partial charge in [0.05, 0.1) is 5.69 Å². The number of aromatic nitrogens is 2. The number of carboxylic acids is 1. The van der Waals surface area contributed by atoms with Crippen molar-refractivity contribution in [3.05, 3.63) is 17.2 Å². The molecular weight excluding hydrogens is 163 g/mol. The van der Waals surface area contributed by atoms with E-state index in [0.717, 1.165) is 0 Å². The van der Waals surface area contributed by atoms with Gasteiger partial charge in [-0.05, 0) is 23.2 Å². The Hall–Kier alpha value is -0.890. The fourth-order valence-corrected chi connectivity index (χ4v) is 1.04. The molecule has 5 heteroatoms. The van der Waals surface area contributed by atoms with Crippen molar-refractivity contribution in [2.45, 2.75) is 13.8 Å². The number of aryl methyl sites for hydroxylation is 1. The first-order valence-electron chi connectivity index (χ1n) is 3.08. The average Bonchev–Trinajstić information content (AvgIpc) is 2.17. The van der Waals surface area contributed by atoms with Gasteiger partial charge in [-0.15, -0.1) is 0 Å². The molecule has 0 aliphatic rings. The predicted molar refractivity (Wildman–Crippen MR) is 43.8 cm³/mol. The lowest BCUT2D eigenvalue weighted by molar-refractivity contribution is 0.0690. The molecule has 0 bridgehead atoms. The van der Waals surface area contributed by atoms with Crippen molar-refractivity contribution in [3.8, 4) is 0 Å². The zero-order chi connectivity index (χ0) is 8.59. The maximum Gasteiger partial charge on any atom is 0.356 e. The second-order valence-electron chi connectivity index (χ2n) is 2.27. The van der Waals surface area contributed by atoms with E-state index in [4.69, 9.17) is 5.11 Å². The molecule has 11 heavy (non-hydrogen) atoms. The lowest BCUT2D eigenvalue weighted by Gasteiger charge is -1.95. The molecule has 1 atom stereocenters. The van der Waals surface area contributed by atoms with Crippen LogP contribution in [0.1, 0.15) is 22.0 Å². The molecular formula is C6H9N2O2P. The Morgan fingerprint density at radius 3 is 2.36 bits per heavy atom. The van der Waals surface area contributed by atoms with E-state index in [2.05, 4.69) is 14.4 Å². The summed E-state index contributed by atoms with van der Waals surface area (Å²) in [7, 11) is 2.40. The first-order chi connectivity index (χ1) is 5.04.